The molecule has 76 valence electrons. The van der Waals surface area contributed by atoms with E-state index in [1.54, 1.807) is 0 Å². The molecule has 1 unspecified atom stereocenters. The normalized spacial score (nSPS) is 19.2. The van der Waals surface area contributed by atoms with Crippen LogP contribution >= 0.6 is 15.9 Å². The van der Waals surface area contributed by atoms with Crippen molar-refractivity contribution in [2.45, 2.75) is 26.1 Å². The maximum atomic E-state index is 5.65. The van der Waals surface area contributed by atoms with Crippen LogP contribution in [0.2, 0.25) is 0 Å². The summed E-state index contributed by atoms with van der Waals surface area (Å²) in [5, 5.41) is 0. The van der Waals surface area contributed by atoms with Crippen LogP contribution in [0, 0.1) is 0 Å². The third-order valence-electron chi connectivity index (χ3n) is 2.26. The van der Waals surface area contributed by atoms with Gasteiger partial charge in [0.2, 0.25) is 0 Å². The Hall–Kier alpha value is -0.580. The van der Waals surface area contributed by atoms with Gasteiger partial charge in [-0.15, -0.1) is 0 Å². The summed E-state index contributed by atoms with van der Waals surface area (Å²) < 4.78 is 6.63. The zero-order valence-electron chi connectivity index (χ0n) is 7.92. The van der Waals surface area contributed by atoms with E-state index < -0.39 is 0 Å². The maximum absolute atomic E-state index is 5.65. The molecule has 0 aliphatic carbocycles. The van der Waals surface area contributed by atoms with Gasteiger partial charge in [-0.3, -0.25) is 4.84 Å². The summed E-state index contributed by atoms with van der Waals surface area (Å²) in [7, 11) is 0. The van der Waals surface area contributed by atoms with Gasteiger partial charge in [-0.2, -0.15) is 0 Å². The van der Waals surface area contributed by atoms with E-state index in [1.807, 2.05) is 6.07 Å². The topological polar surface area (TPSA) is 44.5 Å². The third kappa shape index (κ3) is 1.78. The molecule has 0 radical (unpaired) electrons. The first-order valence-electron chi connectivity index (χ1n) is 4.50. The quantitative estimate of drug-likeness (QED) is 0.827. The molecule has 1 aromatic rings. The molecule has 0 saturated carbocycles. The highest BCUT2D eigenvalue weighted by Crippen LogP contribution is 2.37. The highest BCUT2D eigenvalue weighted by molar-refractivity contribution is 9.10. The molecule has 2 N–H and O–H groups in total. The van der Waals surface area contributed by atoms with Crippen LogP contribution in [-0.2, 0) is 17.9 Å². The Morgan fingerprint density at radius 2 is 2.43 bits per heavy atom. The molecule has 0 saturated heterocycles. The molecular formula is C10H12BrNO2. The van der Waals surface area contributed by atoms with Crippen LogP contribution in [0.5, 0.6) is 5.75 Å². The number of nitrogens with two attached hydrogens (primary N) is 1. The second-order valence-electron chi connectivity index (χ2n) is 3.51. The van der Waals surface area contributed by atoms with Gasteiger partial charge in [-0.1, -0.05) is 0 Å². The van der Waals surface area contributed by atoms with Gasteiger partial charge in [0.05, 0.1) is 11.1 Å². The first kappa shape index (κ1) is 9.96. The van der Waals surface area contributed by atoms with Gasteiger partial charge in [0.15, 0.2) is 0 Å². The van der Waals surface area contributed by atoms with Gasteiger partial charge in [0, 0.05) is 6.42 Å². The van der Waals surface area contributed by atoms with Crippen molar-refractivity contribution in [2.24, 2.45) is 5.90 Å². The highest BCUT2D eigenvalue weighted by atomic mass is 79.9. The van der Waals surface area contributed by atoms with Crippen molar-refractivity contribution in [1.29, 1.82) is 0 Å². The van der Waals surface area contributed by atoms with Crippen molar-refractivity contribution < 1.29 is 9.57 Å². The Morgan fingerprint density at radius 3 is 3.14 bits per heavy atom. The Kier molecular flexibility index (Phi) is 2.76. The average molecular weight is 258 g/mol. The van der Waals surface area contributed by atoms with Crippen molar-refractivity contribution in [1.82, 2.24) is 0 Å². The van der Waals surface area contributed by atoms with E-state index in [-0.39, 0.29) is 6.10 Å². The minimum absolute atomic E-state index is 0.260. The number of halogens is 1. The smallest absolute Gasteiger partial charge is 0.137 e. The molecule has 0 bridgehead atoms. The Morgan fingerprint density at radius 1 is 1.64 bits per heavy atom. The van der Waals surface area contributed by atoms with E-state index in [1.165, 1.54) is 5.56 Å². The molecule has 0 fully saturated rings. The molecule has 4 heteroatoms. The fraction of sp³-hybridized carbons (Fsp3) is 0.400. The number of rotatable bonds is 2. The maximum Gasteiger partial charge on any atom is 0.137 e. The monoisotopic (exact) mass is 257 g/mol. The summed E-state index contributed by atoms with van der Waals surface area (Å²) in [4.78, 5) is 4.61. The molecule has 1 aliphatic heterocycles. The van der Waals surface area contributed by atoms with Gasteiger partial charge < -0.3 is 4.74 Å². The molecule has 0 spiro atoms. The van der Waals surface area contributed by atoms with E-state index in [4.69, 9.17) is 10.6 Å². The summed E-state index contributed by atoms with van der Waals surface area (Å²) >= 11 is 3.47. The zero-order valence-corrected chi connectivity index (χ0v) is 9.50. The first-order chi connectivity index (χ1) is 6.70. The van der Waals surface area contributed by atoms with Gasteiger partial charge in [0.25, 0.3) is 0 Å². The predicted molar refractivity (Wildman–Crippen MR) is 56.9 cm³/mol. The van der Waals surface area contributed by atoms with Crippen LogP contribution in [0.25, 0.3) is 0 Å². The van der Waals surface area contributed by atoms with E-state index >= 15 is 0 Å². The number of benzene rings is 1. The minimum atomic E-state index is 0.260. The fourth-order valence-corrected chi connectivity index (χ4v) is 2.37. The van der Waals surface area contributed by atoms with Gasteiger partial charge in [-0.05, 0) is 46.1 Å². The molecular weight excluding hydrogens is 246 g/mol. The average Bonchev–Trinajstić information content (AvgIpc) is 2.47. The molecule has 3 nitrogen and oxygen atoms in total. The lowest BCUT2D eigenvalue weighted by Crippen LogP contribution is -2.05. The summed E-state index contributed by atoms with van der Waals surface area (Å²) in [6, 6.07) is 4.06. The van der Waals surface area contributed by atoms with Crippen molar-refractivity contribution >= 4 is 15.9 Å². The van der Waals surface area contributed by atoms with Crippen LogP contribution in [0.15, 0.2) is 16.6 Å². The lowest BCUT2D eigenvalue weighted by atomic mass is 10.1. The molecule has 0 amide bonds. The van der Waals surface area contributed by atoms with E-state index in [0.717, 1.165) is 22.2 Å². The van der Waals surface area contributed by atoms with Crippen LogP contribution in [-0.4, -0.2) is 6.10 Å². The molecule has 1 heterocycles. The largest absolute Gasteiger partial charge is 0.489 e. The first-order valence-corrected chi connectivity index (χ1v) is 5.29. The van der Waals surface area contributed by atoms with Crippen LogP contribution < -0.4 is 10.6 Å². The molecule has 14 heavy (non-hydrogen) atoms. The second-order valence-corrected chi connectivity index (χ2v) is 4.36. The molecule has 2 rings (SSSR count). The Labute approximate surface area is 91.3 Å². The van der Waals surface area contributed by atoms with Gasteiger partial charge in [0.1, 0.15) is 11.9 Å². The fourth-order valence-electron chi connectivity index (χ4n) is 1.73. The predicted octanol–water partition coefficient (Wildman–Crippen LogP) is 2.16. The third-order valence-corrected chi connectivity index (χ3v) is 2.85. The van der Waals surface area contributed by atoms with E-state index in [9.17, 15) is 0 Å². The molecule has 1 aliphatic rings. The van der Waals surface area contributed by atoms with Crippen molar-refractivity contribution in [3.63, 3.8) is 0 Å². The van der Waals surface area contributed by atoms with Crippen molar-refractivity contribution in [3.05, 3.63) is 27.7 Å². The second kappa shape index (κ2) is 3.88. The number of ether oxygens (including phenoxy) is 1. The minimum Gasteiger partial charge on any atom is -0.489 e. The number of fused-ring (bicyclic) bond motifs is 1. The van der Waals surface area contributed by atoms with Crippen molar-refractivity contribution in [3.8, 4) is 5.75 Å². The number of hydrogen-bond acceptors (Lipinski definition) is 3. The summed E-state index contributed by atoms with van der Waals surface area (Å²) in [6.45, 7) is 2.49. The SMILES string of the molecule is CC1Cc2cc(CON)cc(Br)c2O1. The lowest BCUT2D eigenvalue weighted by molar-refractivity contribution is 0.124. The van der Waals surface area contributed by atoms with Gasteiger partial charge >= 0.3 is 0 Å². The lowest BCUT2D eigenvalue weighted by Gasteiger charge is -2.06. The van der Waals surface area contributed by atoms with Crippen LogP contribution in [0.3, 0.4) is 0 Å². The van der Waals surface area contributed by atoms with Crippen LogP contribution in [0.1, 0.15) is 18.1 Å². The summed E-state index contributed by atoms with van der Waals surface area (Å²) in [5.41, 5.74) is 2.29. The molecule has 1 atom stereocenters. The van der Waals surface area contributed by atoms with Crippen LogP contribution in [0.4, 0.5) is 0 Å². The van der Waals surface area contributed by atoms with E-state index in [2.05, 4.69) is 33.8 Å². The zero-order chi connectivity index (χ0) is 10.1. The molecule has 1 aromatic carbocycles. The number of hydrogen-bond donors (Lipinski definition) is 1. The highest BCUT2D eigenvalue weighted by Gasteiger charge is 2.21. The summed E-state index contributed by atoms with van der Waals surface area (Å²) in [5.74, 6) is 5.99. The Bertz CT molecular complexity index is 354. The Balaban J connectivity index is 2.36. The van der Waals surface area contributed by atoms with Gasteiger partial charge in [-0.25, -0.2) is 5.90 Å². The summed E-state index contributed by atoms with van der Waals surface area (Å²) in [6.07, 6.45) is 1.21. The van der Waals surface area contributed by atoms with Crippen molar-refractivity contribution in [2.75, 3.05) is 0 Å². The standard InChI is InChI=1S/C10H12BrNO2/c1-6-2-8-3-7(5-13-12)4-9(11)10(8)14-6/h3-4,6H,2,5,12H2,1H3. The molecule has 0 aromatic heterocycles. The van der Waals surface area contributed by atoms with E-state index in [0.29, 0.717) is 6.61 Å².